The Balaban J connectivity index is 2.36. The highest BCUT2D eigenvalue weighted by Crippen LogP contribution is 2.21. The third kappa shape index (κ3) is 2.68. The molecule has 2 nitrogen and oxygen atoms in total. The Morgan fingerprint density at radius 2 is 1.68 bits per heavy atom. The second-order valence-corrected chi connectivity index (χ2v) is 5.13. The first-order valence-corrected chi connectivity index (χ1v) is 6.50. The van der Waals surface area contributed by atoms with E-state index in [9.17, 15) is 4.79 Å². The van der Waals surface area contributed by atoms with Gasteiger partial charge in [0.2, 0.25) is 0 Å². The third-order valence-electron chi connectivity index (χ3n) is 3.46. The van der Waals surface area contributed by atoms with Crippen molar-refractivity contribution in [2.75, 3.05) is 5.73 Å². The highest BCUT2D eigenvalue weighted by Gasteiger charge is 2.13. The summed E-state index contributed by atoms with van der Waals surface area (Å²) in [5, 5.41) is 0. The lowest BCUT2D eigenvalue weighted by Crippen LogP contribution is -2.05. The molecule has 0 aliphatic rings. The molecule has 0 spiro atoms. The van der Waals surface area contributed by atoms with E-state index in [0.29, 0.717) is 22.7 Å². The van der Waals surface area contributed by atoms with Gasteiger partial charge in [-0.15, -0.1) is 0 Å². The van der Waals surface area contributed by atoms with E-state index in [1.807, 2.05) is 49.4 Å². The quantitative estimate of drug-likeness (QED) is 0.665. The van der Waals surface area contributed by atoms with Gasteiger partial charge in [0.15, 0.2) is 5.78 Å². The fraction of sp³-hybridized carbons (Fsp3) is 0.235. The highest BCUT2D eigenvalue weighted by molar-refractivity contribution is 6.10. The molecule has 0 aliphatic heterocycles. The molecule has 19 heavy (non-hydrogen) atoms. The minimum atomic E-state index is 0.0279. The van der Waals surface area contributed by atoms with Gasteiger partial charge in [0, 0.05) is 16.8 Å². The van der Waals surface area contributed by atoms with Crippen molar-refractivity contribution < 1.29 is 4.79 Å². The number of hydrogen-bond acceptors (Lipinski definition) is 2. The summed E-state index contributed by atoms with van der Waals surface area (Å²) in [6, 6.07) is 13.3. The summed E-state index contributed by atoms with van der Waals surface area (Å²) in [6.45, 7) is 6.16. The van der Waals surface area contributed by atoms with Crippen LogP contribution >= 0.6 is 0 Å². The predicted molar refractivity (Wildman–Crippen MR) is 79.6 cm³/mol. The lowest BCUT2D eigenvalue weighted by Gasteiger charge is -2.09. The van der Waals surface area contributed by atoms with Crippen LogP contribution in [0.15, 0.2) is 42.5 Å². The van der Waals surface area contributed by atoms with E-state index in [1.165, 1.54) is 5.56 Å². The number of nitrogens with two attached hydrogens (primary N) is 1. The lowest BCUT2D eigenvalue weighted by atomic mass is 9.95. The van der Waals surface area contributed by atoms with Crippen molar-refractivity contribution in [3.8, 4) is 0 Å². The number of nitrogen functional groups attached to an aromatic ring is 1. The summed E-state index contributed by atoms with van der Waals surface area (Å²) >= 11 is 0. The number of rotatable bonds is 3. The Morgan fingerprint density at radius 1 is 1.05 bits per heavy atom. The molecule has 0 saturated carbocycles. The zero-order valence-electron chi connectivity index (χ0n) is 11.6. The number of carbonyl (C=O) groups excluding carboxylic acids is 1. The molecule has 2 aromatic rings. The molecular formula is C17H19NO. The minimum absolute atomic E-state index is 0.0279. The maximum atomic E-state index is 12.4. The first-order chi connectivity index (χ1) is 9.00. The van der Waals surface area contributed by atoms with Gasteiger partial charge in [-0.2, -0.15) is 0 Å². The molecule has 2 heteroatoms. The molecule has 0 unspecified atom stereocenters. The standard InChI is InChI=1S/C17H19NO/c1-11(2)13-7-9-14(10-8-13)17(19)15-5-4-6-16(18)12(15)3/h4-11H,18H2,1-3H3. The van der Waals surface area contributed by atoms with E-state index >= 15 is 0 Å². The van der Waals surface area contributed by atoms with Crippen molar-refractivity contribution in [1.29, 1.82) is 0 Å². The second kappa shape index (κ2) is 5.27. The van der Waals surface area contributed by atoms with E-state index in [0.717, 1.165) is 5.56 Å². The molecule has 0 aliphatic carbocycles. The first-order valence-electron chi connectivity index (χ1n) is 6.50. The van der Waals surface area contributed by atoms with Crippen LogP contribution in [0.1, 0.15) is 46.8 Å². The molecule has 0 aromatic heterocycles. The summed E-state index contributed by atoms with van der Waals surface area (Å²) in [5.74, 6) is 0.498. The van der Waals surface area contributed by atoms with Crippen molar-refractivity contribution in [2.45, 2.75) is 26.7 Å². The van der Waals surface area contributed by atoms with Gasteiger partial charge in [0.1, 0.15) is 0 Å². The number of benzene rings is 2. The van der Waals surface area contributed by atoms with Crippen LogP contribution in [-0.2, 0) is 0 Å². The van der Waals surface area contributed by atoms with Crippen LogP contribution in [0.3, 0.4) is 0 Å². The summed E-state index contributed by atoms with van der Waals surface area (Å²) in [5.41, 5.74) is 9.97. The van der Waals surface area contributed by atoms with E-state index < -0.39 is 0 Å². The molecule has 0 radical (unpaired) electrons. The van der Waals surface area contributed by atoms with Gasteiger partial charge < -0.3 is 5.73 Å². The number of carbonyl (C=O) groups is 1. The molecule has 0 bridgehead atoms. The van der Waals surface area contributed by atoms with E-state index in [1.54, 1.807) is 0 Å². The smallest absolute Gasteiger partial charge is 0.193 e. The van der Waals surface area contributed by atoms with Crippen LogP contribution in [0.2, 0.25) is 0 Å². The molecule has 0 heterocycles. The fourth-order valence-electron chi connectivity index (χ4n) is 2.07. The van der Waals surface area contributed by atoms with Crippen LogP contribution in [-0.4, -0.2) is 5.78 Å². The van der Waals surface area contributed by atoms with Gasteiger partial charge in [-0.05, 0) is 30.0 Å². The summed E-state index contributed by atoms with van der Waals surface area (Å²) in [4.78, 5) is 12.4. The predicted octanol–water partition coefficient (Wildman–Crippen LogP) is 3.93. The van der Waals surface area contributed by atoms with Crippen LogP contribution in [0.4, 0.5) is 5.69 Å². The van der Waals surface area contributed by atoms with Crippen LogP contribution in [0.5, 0.6) is 0 Å². The SMILES string of the molecule is Cc1c(N)cccc1C(=O)c1ccc(C(C)C)cc1. The van der Waals surface area contributed by atoms with Crippen LogP contribution < -0.4 is 5.73 Å². The lowest BCUT2D eigenvalue weighted by molar-refractivity contribution is 0.103. The summed E-state index contributed by atoms with van der Waals surface area (Å²) < 4.78 is 0. The summed E-state index contributed by atoms with van der Waals surface area (Å²) in [6.07, 6.45) is 0. The normalized spacial score (nSPS) is 10.7. The summed E-state index contributed by atoms with van der Waals surface area (Å²) in [7, 11) is 0. The van der Waals surface area contributed by atoms with Gasteiger partial charge in [-0.25, -0.2) is 0 Å². The van der Waals surface area contributed by atoms with E-state index in [-0.39, 0.29) is 5.78 Å². The monoisotopic (exact) mass is 253 g/mol. The van der Waals surface area contributed by atoms with Crippen LogP contribution in [0.25, 0.3) is 0 Å². The van der Waals surface area contributed by atoms with Crippen LogP contribution in [0, 0.1) is 6.92 Å². The van der Waals surface area contributed by atoms with Gasteiger partial charge in [-0.1, -0.05) is 50.2 Å². The molecule has 0 atom stereocenters. The largest absolute Gasteiger partial charge is 0.398 e. The Hall–Kier alpha value is -2.09. The van der Waals surface area contributed by atoms with E-state index in [4.69, 9.17) is 5.73 Å². The minimum Gasteiger partial charge on any atom is -0.398 e. The molecule has 0 amide bonds. The first kappa shape index (κ1) is 13.3. The molecule has 98 valence electrons. The van der Waals surface area contributed by atoms with Crippen molar-refractivity contribution in [1.82, 2.24) is 0 Å². The van der Waals surface area contributed by atoms with Crippen molar-refractivity contribution in [3.63, 3.8) is 0 Å². The Labute approximate surface area is 114 Å². The van der Waals surface area contributed by atoms with Gasteiger partial charge >= 0.3 is 0 Å². The Kier molecular flexibility index (Phi) is 3.70. The maximum Gasteiger partial charge on any atom is 0.193 e. The zero-order chi connectivity index (χ0) is 14.0. The van der Waals surface area contributed by atoms with Crippen molar-refractivity contribution in [2.24, 2.45) is 0 Å². The number of ketones is 1. The molecule has 2 aromatic carbocycles. The maximum absolute atomic E-state index is 12.4. The molecule has 0 saturated heterocycles. The third-order valence-corrected chi connectivity index (χ3v) is 3.46. The number of anilines is 1. The van der Waals surface area contributed by atoms with Crippen molar-refractivity contribution >= 4 is 11.5 Å². The highest BCUT2D eigenvalue weighted by atomic mass is 16.1. The molecule has 0 fully saturated rings. The fourth-order valence-corrected chi connectivity index (χ4v) is 2.07. The zero-order valence-corrected chi connectivity index (χ0v) is 11.6. The van der Waals surface area contributed by atoms with Crippen molar-refractivity contribution in [3.05, 3.63) is 64.7 Å². The Morgan fingerprint density at radius 3 is 2.26 bits per heavy atom. The number of hydrogen-bond donors (Lipinski definition) is 1. The average molecular weight is 253 g/mol. The van der Waals surface area contributed by atoms with E-state index in [2.05, 4.69) is 13.8 Å². The average Bonchev–Trinajstić information content (AvgIpc) is 2.41. The molecule has 2 N–H and O–H groups in total. The van der Waals surface area contributed by atoms with Gasteiger partial charge in [0.25, 0.3) is 0 Å². The van der Waals surface area contributed by atoms with Gasteiger partial charge in [0.05, 0.1) is 0 Å². The molecule has 2 rings (SSSR count). The Bertz CT molecular complexity index is 597. The topological polar surface area (TPSA) is 43.1 Å². The molecular weight excluding hydrogens is 234 g/mol. The second-order valence-electron chi connectivity index (χ2n) is 5.13. The van der Waals surface area contributed by atoms with Gasteiger partial charge in [-0.3, -0.25) is 4.79 Å².